The molecule has 0 atom stereocenters. The van der Waals surface area contributed by atoms with E-state index in [0.29, 0.717) is 28.4 Å². The van der Waals surface area contributed by atoms with Crippen molar-refractivity contribution in [2.24, 2.45) is 0 Å². The summed E-state index contributed by atoms with van der Waals surface area (Å²) < 4.78 is 32.6. The fraction of sp³-hybridized carbons (Fsp3) is 0.208. The van der Waals surface area contributed by atoms with Crippen molar-refractivity contribution >= 4 is 78.4 Å². The maximum absolute atomic E-state index is 14.0. The number of nitrogen functional groups attached to an aromatic ring is 1. The Morgan fingerprint density at radius 2 is 1.41 bits per heavy atom. The number of sulfone groups is 1. The van der Waals surface area contributed by atoms with Crippen LogP contribution < -0.4 is 11.1 Å². The molecule has 2 aromatic heterocycles. The van der Waals surface area contributed by atoms with Gasteiger partial charge in [0.2, 0.25) is 0 Å². The highest BCUT2D eigenvalue weighted by Gasteiger charge is 2.54. The van der Waals surface area contributed by atoms with E-state index in [-0.39, 0.29) is 10.7 Å². The van der Waals surface area contributed by atoms with E-state index in [0.717, 1.165) is 18.6 Å². The molecule has 0 saturated heterocycles. The highest BCUT2D eigenvalue weighted by molar-refractivity contribution is 7.94. The number of aromatic nitrogens is 3. The van der Waals surface area contributed by atoms with Gasteiger partial charge in [-0.1, -0.05) is 41.6 Å². The molecule has 0 unspecified atom stereocenters. The monoisotopic (exact) mass is 559 g/mol. The van der Waals surface area contributed by atoms with Gasteiger partial charge in [-0.05, 0) is 24.1 Å². The van der Waals surface area contributed by atoms with E-state index in [1.165, 1.54) is 5.56 Å². The molecule has 0 amide bonds. The summed E-state index contributed by atoms with van der Waals surface area (Å²) in [6.45, 7) is 0.805. The Morgan fingerprint density at radius 3 is 1.98 bits per heavy atom. The van der Waals surface area contributed by atoms with E-state index in [9.17, 15) is 8.42 Å². The Balaban J connectivity index is 1.64. The normalized spacial score (nSPS) is 12.8. The van der Waals surface area contributed by atoms with E-state index in [2.05, 4.69) is 35.4 Å². The first kappa shape index (κ1) is 30.9. The van der Waals surface area contributed by atoms with Gasteiger partial charge in [0.25, 0.3) is 0 Å². The molecular weight excluding hydrogens is 525 g/mol. The summed E-state index contributed by atoms with van der Waals surface area (Å²) >= 11 is 0. The molecule has 8 nitrogen and oxygen atoms in total. The Morgan fingerprint density at radius 1 is 0.854 bits per heavy atom. The van der Waals surface area contributed by atoms with Crippen LogP contribution in [0.25, 0.3) is 34.0 Å². The summed E-state index contributed by atoms with van der Waals surface area (Å²) in [5, 5.41) is 6.54. The van der Waals surface area contributed by atoms with Gasteiger partial charge >= 0.3 is 0 Å². The molecular formula is C24H33B8N5O3S. The fourth-order valence-electron chi connectivity index (χ4n) is 5.28. The zero-order valence-corrected chi connectivity index (χ0v) is 26.1. The molecule has 4 aromatic rings. The zero-order chi connectivity index (χ0) is 30.2. The number of nitrogens with zero attached hydrogens (tertiary/aromatic N) is 3. The van der Waals surface area contributed by atoms with Gasteiger partial charge in [-0.25, -0.2) is 18.4 Å². The van der Waals surface area contributed by atoms with E-state index in [1.54, 1.807) is 36.5 Å². The van der Waals surface area contributed by atoms with Crippen LogP contribution >= 0.6 is 0 Å². The van der Waals surface area contributed by atoms with Crippen molar-refractivity contribution in [3.63, 3.8) is 0 Å². The molecule has 0 saturated carbocycles. The van der Waals surface area contributed by atoms with E-state index in [1.807, 2.05) is 67.1 Å². The van der Waals surface area contributed by atoms with Gasteiger partial charge in [-0.15, -0.1) is 10.2 Å². The Kier molecular flexibility index (Phi) is 8.54. The predicted octanol–water partition coefficient (Wildman–Crippen LogP) is -4.22. The third kappa shape index (κ3) is 5.84. The maximum Gasteiger partial charge on any atom is 0.189 e. The SMILES string of the molecule is BCNCc1ccc(-c2cc(-c3nc(-c4ccc(S(=O)(=O)C(B)(C(B)(B)B)C(B)(B)B)cc4)cnc3N)on2)cc1. The van der Waals surface area contributed by atoms with Gasteiger partial charge < -0.3 is 15.6 Å². The molecule has 4 rings (SSSR count). The predicted molar refractivity (Wildman–Crippen MR) is 188 cm³/mol. The van der Waals surface area contributed by atoms with Crippen LogP contribution in [0.1, 0.15) is 5.56 Å². The van der Waals surface area contributed by atoms with E-state index in [4.69, 9.17) is 15.2 Å². The number of anilines is 1. The van der Waals surface area contributed by atoms with Gasteiger partial charge in [0, 0.05) is 28.4 Å². The van der Waals surface area contributed by atoms with Crippen molar-refractivity contribution in [2.75, 3.05) is 12.2 Å². The molecule has 17 heteroatoms. The largest absolute Gasteiger partial charge is 0.382 e. The third-order valence-electron chi connectivity index (χ3n) is 8.23. The van der Waals surface area contributed by atoms with Gasteiger partial charge in [-0.2, -0.15) is 0 Å². The molecule has 0 fully saturated rings. The standard InChI is InChI=1S/C24H33B8N5O3S/c25-12-34-10-13-1-3-14(4-2-13)17-9-19(40-37-17)20-21(33)35-11-18(36-20)15-5-7-16(8-6-15)41(38,39)22(26,23(27,28)29)24(30,31)32/h1-9,11,34H,10,12,25-32H2,(H2,33,35). The van der Waals surface area contributed by atoms with Crippen LogP contribution in [0, 0.1) is 0 Å². The average molecular weight is 558 g/mol. The topological polar surface area (TPSA) is 124 Å². The van der Waals surface area contributed by atoms with Crippen LogP contribution in [-0.4, -0.2) is 97.4 Å². The van der Waals surface area contributed by atoms with Crippen LogP contribution in [0.4, 0.5) is 5.82 Å². The van der Waals surface area contributed by atoms with Gasteiger partial charge in [0.1, 0.15) is 21.4 Å². The maximum atomic E-state index is 14.0. The summed E-state index contributed by atoms with van der Waals surface area (Å²) in [5.41, 5.74) is 10.6. The van der Waals surface area contributed by atoms with Gasteiger partial charge in [0.05, 0.1) is 63.9 Å². The summed E-state index contributed by atoms with van der Waals surface area (Å²) in [6, 6.07) is 16.7. The molecule has 0 spiro atoms. The molecule has 3 N–H and O–H groups in total. The summed E-state index contributed by atoms with van der Waals surface area (Å²) in [6.07, 6.45) is 2.48. The van der Waals surface area contributed by atoms with Crippen molar-refractivity contribution in [1.29, 1.82) is 0 Å². The fourth-order valence-corrected chi connectivity index (χ4v) is 7.85. The van der Waals surface area contributed by atoms with Crippen LogP contribution in [0.2, 0.25) is 10.2 Å². The lowest BCUT2D eigenvalue weighted by molar-refractivity contribution is 0.434. The quantitative estimate of drug-likeness (QED) is 0.188. The smallest absolute Gasteiger partial charge is 0.189 e. The number of hydrogen-bond acceptors (Lipinski definition) is 8. The second kappa shape index (κ2) is 11.3. The summed E-state index contributed by atoms with van der Waals surface area (Å²) in [7, 11) is 12.1. The van der Waals surface area contributed by atoms with Crippen molar-refractivity contribution in [2.45, 2.75) is 26.3 Å². The van der Waals surface area contributed by atoms with Crippen LogP contribution in [0.5, 0.6) is 0 Å². The first-order valence-corrected chi connectivity index (χ1v) is 15.3. The minimum absolute atomic E-state index is 0.211. The Labute approximate surface area is 250 Å². The number of nitrogens with one attached hydrogen (secondary N) is 1. The van der Waals surface area contributed by atoms with E-state index < -0.39 is 24.7 Å². The number of nitrogens with two attached hydrogens (primary N) is 1. The van der Waals surface area contributed by atoms with Crippen LogP contribution in [0.3, 0.4) is 0 Å². The second-order valence-electron chi connectivity index (χ2n) is 12.6. The summed E-state index contributed by atoms with van der Waals surface area (Å²) in [4.78, 5) is 9.31. The Hall–Kier alpha value is -3.04. The van der Waals surface area contributed by atoms with Crippen molar-refractivity contribution in [3.8, 4) is 34.0 Å². The van der Waals surface area contributed by atoms with Crippen molar-refractivity contribution in [1.82, 2.24) is 20.4 Å². The number of benzene rings is 2. The summed E-state index contributed by atoms with van der Waals surface area (Å²) in [5.74, 6) is 0.608. The molecule has 0 radical (unpaired) electrons. The lowest BCUT2D eigenvalue weighted by atomic mass is 9.21. The highest BCUT2D eigenvalue weighted by atomic mass is 32.2. The van der Waals surface area contributed by atoms with Crippen molar-refractivity contribution in [3.05, 3.63) is 66.4 Å². The highest BCUT2D eigenvalue weighted by Crippen LogP contribution is 2.49. The molecule has 41 heavy (non-hydrogen) atoms. The third-order valence-corrected chi connectivity index (χ3v) is 11.4. The Bertz CT molecular complexity index is 1620. The van der Waals surface area contributed by atoms with Crippen LogP contribution in [0.15, 0.2) is 70.2 Å². The van der Waals surface area contributed by atoms with Gasteiger partial charge in [0.15, 0.2) is 27.1 Å². The average Bonchev–Trinajstić information content (AvgIpc) is 3.41. The molecule has 2 aromatic carbocycles. The number of rotatable bonds is 10. The minimum Gasteiger partial charge on any atom is -0.382 e. The number of hydrogen-bond donors (Lipinski definition) is 2. The molecule has 0 aliphatic heterocycles. The molecule has 2 heterocycles. The zero-order valence-electron chi connectivity index (χ0n) is 25.2. The van der Waals surface area contributed by atoms with Gasteiger partial charge in [-0.3, -0.25) is 0 Å². The van der Waals surface area contributed by atoms with Crippen molar-refractivity contribution < 1.29 is 12.9 Å². The van der Waals surface area contributed by atoms with Crippen LogP contribution in [-0.2, 0) is 16.4 Å². The first-order chi connectivity index (χ1) is 19.1. The van der Waals surface area contributed by atoms with E-state index >= 15 is 0 Å². The minimum atomic E-state index is -3.69. The molecule has 0 bridgehead atoms. The first-order valence-electron chi connectivity index (χ1n) is 13.8. The molecule has 202 valence electrons. The second-order valence-corrected chi connectivity index (χ2v) is 14.9. The molecule has 0 aliphatic rings. The lowest BCUT2D eigenvalue weighted by Crippen LogP contribution is -2.60. The lowest BCUT2D eigenvalue weighted by Gasteiger charge is -2.52. The molecule has 0 aliphatic carbocycles.